The second kappa shape index (κ2) is 16.0. The number of carbonyl (C=O) groups excluding carboxylic acids is 1. The lowest BCUT2D eigenvalue weighted by atomic mass is 10.1. The number of esters is 1. The summed E-state index contributed by atoms with van der Waals surface area (Å²) in [5.74, 6) is -0.675. The SMILES string of the molecule is CCCCCCCCC=CCCCCCCCC(=O)OCC1COC(C)(C)O1. The maximum Gasteiger partial charge on any atom is 0.305 e. The van der Waals surface area contributed by atoms with Gasteiger partial charge >= 0.3 is 5.97 Å². The molecule has 1 saturated heterocycles. The molecule has 1 heterocycles. The van der Waals surface area contributed by atoms with Crippen LogP contribution in [0, 0.1) is 0 Å². The minimum Gasteiger partial charge on any atom is -0.463 e. The van der Waals surface area contributed by atoms with Crippen LogP contribution < -0.4 is 0 Å². The summed E-state index contributed by atoms with van der Waals surface area (Å²) in [6.07, 6.45) is 21.5. The van der Waals surface area contributed by atoms with Crippen molar-refractivity contribution in [2.24, 2.45) is 0 Å². The predicted octanol–water partition coefficient (Wildman–Crippen LogP) is 6.72. The summed E-state index contributed by atoms with van der Waals surface area (Å²) in [7, 11) is 0. The zero-order chi connectivity index (χ0) is 20.5. The first-order valence-electron chi connectivity index (χ1n) is 11.7. The molecule has 0 aromatic heterocycles. The summed E-state index contributed by atoms with van der Waals surface area (Å²) in [5.41, 5.74) is 0. The second-order valence-electron chi connectivity index (χ2n) is 8.47. The number of allylic oxidation sites excluding steroid dienone is 2. The van der Waals surface area contributed by atoms with Crippen LogP contribution in [0.3, 0.4) is 0 Å². The molecule has 1 fully saturated rings. The Balaban J connectivity index is 1.81. The molecular formula is C24H44O4. The van der Waals surface area contributed by atoms with Crippen molar-refractivity contribution in [1.29, 1.82) is 0 Å². The highest BCUT2D eigenvalue weighted by molar-refractivity contribution is 5.69. The van der Waals surface area contributed by atoms with Gasteiger partial charge in [0.2, 0.25) is 0 Å². The van der Waals surface area contributed by atoms with Gasteiger partial charge in [-0.1, -0.05) is 70.4 Å². The van der Waals surface area contributed by atoms with E-state index in [0.717, 1.165) is 12.8 Å². The van der Waals surface area contributed by atoms with Crippen LogP contribution in [0.2, 0.25) is 0 Å². The molecule has 1 rings (SSSR count). The molecule has 0 bridgehead atoms. The number of carbonyl (C=O) groups is 1. The molecule has 4 heteroatoms. The summed E-state index contributed by atoms with van der Waals surface area (Å²) in [6, 6.07) is 0. The molecule has 164 valence electrons. The fourth-order valence-corrected chi connectivity index (χ4v) is 3.44. The maximum atomic E-state index is 11.8. The smallest absolute Gasteiger partial charge is 0.305 e. The lowest BCUT2D eigenvalue weighted by Gasteiger charge is -2.16. The zero-order valence-electron chi connectivity index (χ0n) is 18.7. The van der Waals surface area contributed by atoms with E-state index >= 15 is 0 Å². The van der Waals surface area contributed by atoms with Crippen LogP contribution in [0.25, 0.3) is 0 Å². The molecule has 0 aromatic carbocycles. The van der Waals surface area contributed by atoms with E-state index in [1.807, 2.05) is 13.8 Å². The molecule has 0 aliphatic carbocycles. The van der Waals surface area contributed by atoms with E-state index in [9.17, 15) is 4.79 Å². The topological polar surface area (TPSA) is 44.8 Å². The van der Waals surface area contributed by atoms with E-state index < -0.39 is 5.79 Å². The Morgan fingerprint density at radius 3 is 2.07 bits per heavy atom. The van der Waals surface area contributed by atoms with Crippen molar-refractivity contribution in [2.75, 3.05) is 13.2 Å². The molecule has 0 N–H and O–H groups in total. The van der Waals surface area contributed by atoms with Crippen LogP contribution in [0.1, 0.15) is 111 Å². The molecule has 0 aromatic rings. The van der Waals surface area contributed by atoms with E-state index in [2.05, 4.69) is 19.1 Å². The molecule has 0 radical (unpaired) electrons. The van der Waals surface area contributed by atoms with Crippen molar-refractivity contribution in [3.8, 4) is 0 Å². The molecular weight excluding hydrogens is 352 g/mol. The van der Waals surface area contributed by atoms with Gasteiger partial charge in [0.05, 0.1) is 6.61 Å². The fraction of sp³-hybridized carbons (Fsp3) is 0.875. The third kappa shape index (κ3) is 14.2. The number of hydrogen-bond donors (Lipinski definition) is 0. The van der Waals surface area contributed by atoms with Crippen molar-refractivity contribution in [3.63, 3.8) is 0 Å². The molecule has 1 unspecified atom stereocenters. The van der Waals surface area contributed by atoms with Crippen molar-refractivity contribution in [2.45, 2.75) is 123 Å². The minimum absolute atomic E-state index is 0.120. The monoisotopic (exact) mass is 396 g/mol. The molecule has 28 heavy (non-hydrogen) atoms. The standard InChI is InChI=1S/C24H44O4/c1-4-5-6-7-8-9-10-11-12-13-14-15-16-17-18-19-23(25)26-20-22-21-27-24(2,3)28-22/h11-12,22H,4-10,13-21H2,1-3H3. The van der Waals surface area contributed by atoms with E-state index in [4.69, 9.17) is 14.2 Å². The van der Waals surface area contributed by atoms with Crippen molar-refractivity contribution in [1.82, 2.24) is 0 Å². The normalized spacial score (nSPS) is 18.8. The third-order valence-corrected chi connectivity index (χ3v) is 5.14. The van der Waals surface area contributed by atoms with Crippen LogP contribution in [0.4, 0.5) is 0 Å². The van der Waals surface area contributed by atoms with Gasteiger partial charge in [-0.25, -0.2) is 0 Å². The van der Waals surface area contributed by atoms with Crippen LogP contribution in [0.15, 0.2) is 12.2 Å². The van der Waals surface area contributed by atoms with Crippen molar-refractivity contribution >= 4 is 5.97 Å². The molecule has 0 amide bonds. The molecule has 1 aliphatic heterocycles. The number of hydrogen-bond acceptors (Lipinski definition) is 4. The van der Waals surface area contributed by atoms with E-state index in [1.165, 1.54) is 70.6 Å². The molecule has 0 saturated carbocycles. The average Bonchev–Trinajstić information content (AvgIpc) is 3.02. The molecule has 1 aliphatic rings. The molecule has 4 nitrogen and oxygen atoms in total. The van der Waals surface area contributed by atoms with Gasteiger partial charge in [-0.15, -0.1) is 0 Å². The Bertz CT molecular complexity index is 417. The lowest BCUT2D eigenvalue weighted by Crippen LogP contribution is -2.25. The lowest BCUT2D eigenvalue weighted by molar-refractivity contribution is -0.158. The Morgan fingerprint density at radius 1 is 0.929 bits per heavy atom. The first kappa shape index (κ1) is 25.2. The van der Waals surface area contributed by atoms with Gasteiger partial charge in [0.1, 0.15) is 12.7 Å². The van der Waals surface area contributed by atoms with E-state index in [0.29, 0.717) is 19.6 Å². The summed E-state index contributed by atoms with van der Waals surface area (Å²) in [6.45, 7) is 6.81. The summed E-state index contributed by atoms with van der Waals surface area (Å²) in [5, 5.41) is 0. The Hall–Kier alpha value is -0.870. The molecule has 0 spiro atoms. The predicted molar refractivity (Wildman–Crippen MR) is 115 cm³/mol. The van der Waals surface area contributed by atoms with Gasteiger partial charge in [-0.3, -0.25) is 4.79 Å². The highest BCUT2D eigenvalue weighted by atomic mass is 16.7. The van der Waals surface area contributed by atoms with Crippen LogP contribution in [0.5, 0.6) is 0 Å². The average molecular weight is 397 g/mol. The van der Waals surface area contributed by atoms with Gasteiger partial charge < -0.3 is 14.2 Å². The van der Waals surface area contributed by atoms with Crippen LogP contribution in [-0.4, -0.2) is 31.1 Å². The van der Waals surface area contributed by atoms with Crippen LogP contribution >= 0.6 is 0 Å². The van der Waals surface area contributed by atoms with E-state index in [-0.39, 0.29) is 12.1 Å². The fourth-order valence-electron chi connectivity index (χ4n) is 3.44. The first-order chi connectivity index (χ1) is 13.5. The highest BCUT2D eigenvalue weighted by Gasteiger charge is 2.33. The largest absolute Gasteiger partial charge is 0.463 e. The maximum absolute atomic E-state index is 11.8. The first-order valence-corrected chi connectivity index (χ1v) is 11.7. The van der Waals surface area contributed by atoms with Gasteiger partial charge in [0.15, 0.2) is 5.79 Å². The van der Waals surface area contributed by atoms with Crippen LogP contribution in [-0.2, 0) is 19.0 Å². The Kier molecular flexibility index (Phi) is 14.4. The Morgan fingerprint density at radius 2 is 1.50 bits per heavy atom. The van der Waals surface area contributed by atoms with Gasteiger partial charge in [0.25, 0.3) is 0 Å². The highest BCUT2D eigenvalue weighted by Crippen LogP contribution is 2.22. The Labute approximate surface area is 173 Å². The number of unbranched alkanes of at least 4 members (excludes halogenated alkanes) is 11. The van der Waals surface area contributed by atoms with Crippen molar-refractivity contribution < 1.29 is 19.0 Å². The summed E-state index contributed by atoms with van der Waals surface area (Å²) >= 11 is 0. The zero-order valence-corrected chi connectivity index (χ0v) is 18.7. The van der Waals surface area contributed by atoms with E-state index in [1.54, 1.807) is 0 Å². The third-order valence-electron chi connectivity index (χ3n) is 5.14. The number of rotatable bonds is 17. The molecule has 1 atom stereocenters. The summed E-state index contributed by atoms with van der Waals surface area (Å²) < 4.78 is 16.4. The van der Waals surface area contributed by atoms with Gasteiger partial charge in [-0.2, -0.15) is 0 Å². The summed E-state index contributed by atoms with van der Waals surface area (Å²) in [4.78, 5) is 11.8. The van der Waals surface area contributed by atoms with Gasteiger partial charge in [-0.05, 0) is 46.0 Å². The quantitative estimate of drug-likeness (QED) is 0.155. The van der Waals surface area contributed by atoms with Crippen molar-refractivity contribution in [3.05, 3.63) is 12.2 Å². The minimum atomic E-state index is -0.555. The number of ether oxygens (including phenoxy) is 3. The second-order valence-corrected chi connectivity index (χ2v) is 8.47. The van der Waals surface area contributed by atoms with Gasteiger partial charge in [0, 0.05) is 6.42 Å².